The van der Waals surface area contributed by atoms with Crippen LogP contribution in [0.5, 0.6) is 0 Å². The molecule has 1 unspecified atom stereocenters. The monoisotopic (exact) mass is 487 g/mol. The van der Waals surface area contributed by atoms with Crippen molar-refractivity contribution in [1.29, 1.82) is 0 Å². The maximum absolute atomic E-state index is 13.0. The number of halogens is 1. The Balaban J connectivity index is 1.68. The molecule has 0 aliphatic carbocycles. The summed E-state index contributed by atoms with van der Waals surface area (Å²) in [6.45, 7) is 8.17. The van der Waals surface area contributed by atoms with Gasteiger partial charge in [-0.15, -0.1) is 0 Å². The molecule has 2 N–H and O–H groups in total. The summed E-state index contributed by atoms with van der Waals surface area (Å²) in [6.07, 6.45) is 1.00. The van der Waals surface area contributed by atoms with Gasteiger partial charge >= 0.3 is 0 Å². The number of para-hydroxylation sites is 1. The number of ether oxygens (including phenoxy) is 1. The molecular formula is C24H30BrN3O3. The molecule has 2 aromatic carbocycles. The van der Waals surface area contributed by atoms with Crippen LogP contribution in [0.3, 0.4) is 0 Å². The third-order valence-electron chi connectivity index (χ3n) is 5.34. The second-order valence-electron chi connectivity index (χ2n) is 8.12. The zero-order chi connectivity index (χ0) is 22.2. The van der Waals surface area contributed by atoms with Crippen LogP contribution < -0.4 is 10.6 Å². The SMILES string of the molecule is CC(C)CC(CNC(=O)c1ccccc1NC(=O)c1ccccc1Br)N1CCOCC1. The molecule has 0 radical (unpaired) electrons. The van der Waals surface area contributed by atoms with Crippen LogP contribution in [0.4, 0.5) is 5.69 Å². The molecule has 1 heterocycles. The molecule has 2 amide bonds. The van der Waals surface area contributed by atoms with Crippen molar-refractivity contribution in [3.8, 4) is 0 Å². The molecule has 1 aliphatic heterocycles. The summed E-state index contributed by atoms with van der Waals surface area (Å²) in [5.74, 6) is 0.0735. The average molecular weight is 488 g/mol. The maximum atomic E-state index is 13.0. The molecule has 0 aromatic heterocycles. The van der Waals surface area contributed by atoms with Crippen LogP contribution in [0.2, 0.25) is 0 Å². The van der Waals surface area contributed by atoms with Crippen LogP contribution in [0.1, 0.15) is 41.0 Å². The number of morpholine rings is 1. The van der Waals surface area contributed by atoms with Crippen molar-refractivity contribution in [3.05, 3.63) is 64.1 Å². The highest BCUT2D eigenvalue weighted by Gasteiger charge is 2.23. The van der Waals surface area contributed by atoms with Gasteiger partial charge in [0.05, 0.1) is 30.0 Å². The molecule has 1 aliphatic rings. The first-order valence-electron chi connectivity index (χ1n) is 10.7. The lowest BCUT2D eigenvalue weighted by Crippen LogP contribution is -2.49. The zero-order valence-electron chi connectivity index (χ0n) is 18.1. The van der Waals surface area contributed by atoms with E-state index in [1.165, 1.54) is 0 Å². The van der Waals surface area contributed by atoms with Gasteiger partial charge in [-0.2, -0.15) is 0 Å². The van der Waals surface area contributed by atoms with E-state index in [-0.39, 0.29) is 17.9 Å². The van der Waals surface area contributed by atoms with E-state index in [1.807, 2.05) is 18.2 Å². The predicted octanol–water partition coefficient (Wildman–Crippen LogP) is 4.18. The summed E-state index contributed by atoms with van der Waals surface area (Å²) < 4.78 is 6.18. The van der Waals surface area contributed by atoms with Crippen LogP contribution in [-0.4, -0.2) is 55.6 Å². The minimum absolute atomic E-state index is 0.190. The minimum Gasteiger partial charge on any atom is -0.379 e. The third kappa shape index (κ3) is 6.63. The first kappa shape index (κ1) is 23.4. The van der Waals surface area contributed by atoms with Gasteiger partial charge in [-0.3, -0.25) is 14.5 Å². The Kier molecular flexibility index (Phi) is 8.63. The number of nitrogens with one attached hydrogen (secondary N) is 2. The minimum atomic E-state index is -0.265. The maximum Gasteiger partial charge on any atom is 0.256 e. The van der Waals surface area contributed by atoms with E-state index in [9.17, 15) is 9.59 Å². The Morgan fingerprint density at radius 1 is 1.00 bits per heavy atom. The molecule has 3 rings (SSSR count). The molecule has 1 saturated heterocycles. The van der Waals surface area contributed by atoms with Crippen molar-refractivity contribution in [3.63, 3.8) is 0 Å². The highest BCUT2D eigenvalue weighted by Crippen LogP contribution is 2.21. The van der Waals surface area contributed by atoms with Crippen molar-refractivity contribution >= 4 is 33.4 Å². The molecule has 166 valence electrons. The van der Waals surface area contributed by atoms with Crippen molar-refractivity contribution in [2.45, 2.75) is 26.3 Å². The first-order chi connectivity index (χ1) is 15.0. The van der Waals surface area contributed by atoms with Gasteiger partial charge < -0.3 is 15.4 Å². The number of carbonyl (C=O) groups is 2. The molecule has 0 bridgehead atoms. The summed E-state index contributed by atoms with van der Waals surface area (Å²) in [5.41, 5.74) is 1.46. The Hall–Kier alpha value is -2.22. The van der Waals surface area contributed by atoms with E-state index in [0.29, 0.717) is 33.7 Å². The zero-order valence-corrected chi connectivity index (χ0v) is 19.7. The van der Waals surface area contributed by atoms with Crippen molar-refractivity contribution in [1.82, 2.24) is 10.2 Å². The van der Waals surface area contributed by atoms with E-state index < -0.39 is 0 Å². The third-order valence-corrected chi connectivity index (χ3v) is 6.03. The van der Waals surface area contributed by atoms with E-state index >= 15 is 0 Å². The van der Waals surface area contributed by atoms with Gasteiger partial charge in [0, 0.05) is 30.1 Å². The van der Waals surface area contributed by atoms with Gasteiger partial charge in [0.15, 0.2) is 0 Å². The number of hydrogen-bond acceptors (Lipinski definition) is 4. The van der Waals surface area contributed by atoms with E-state index in [1.54, 1.807) is 30.3 Å². The summed E-state index contributed by atoms with van der Waals surface area (Å²) in [6, 6.07) is 14.6. The Morgan fingerprint density at radius 2 is 1.65 bits per heavy atom. The van der Waals surface area contributed by atoms with Crippen LogP contribution in [-0.2, 0) is 4.74 Å². The number of benzene rings is 2. The second-order valence-corrected chi connectivity index (χ2v) is 8.98. The topological polar surface area (TPSA) is 70.7 Å². The van der Waals surface area contributed by atoms with Gasteiger partial charge in [0.25, 0.3) is 11.8 Å². The molecule has 7 heteroatoms. The molecule has 31 heavy (non-hydrogen) atoms. The quantitative estimate of drug-likeness (QED) is 0.585. The van der Waals surface area contributed by atoms with E-state index in [2.05, 4.69) is 45.3 Å². The Labute approximate surface area is 192 Å². The molecule has 1 fully saturated rings. The Bertz CT molecular complexity index is 897. The summed E-state index contributed by atoms with van der Waals surface area (Å²) in [5, 5.41) is 5.96. The van der Waals surface area contributed by atoms with Crippen molar-refractivity contribution < 1.29 is 14.3 Å². The number of carbonyl (C=O) groups excluding carboxylic acids is 2. The lowest BCUT2D eigenvalue weighted by atomic mass is 10.0. The normalized spacial score (nSPS) is 15.5. The van der Waals surface area contributed by atoms with Gasteiger partial charge in [0.1, 0.15) is 0 Å². The molecule has 2 aromatic rings. The number of hydrogen-bond donors (Lipinski definition) is 2. The van der Waals surface area contributed by atoms with Crippen LogP contribution in [0, 0.1) is 5.92 Å². The molecule has 1 atom stereocenters. The first-order valence-corrected chi connectivity index (χ1v) is 11.5. The highest BCUT2D eigenvalue weighted by molar-refractivity contribution is 9.10. The number of anilines is 1. The summed E-state index contributed by atoms with van der Waals surface area (Å²) in [7, 11) is 0. The number of rotatable bonds is 8. The van der Waals surface area contributed by atoms with Crippen molar-refractivity contribution in [2.24, 2.45) is 5.92 Å². The number of amides is 2. The lowest BCUT2D eigenvalue weighted by Gasteiger charge is -2.35. The average Bonchev–Trinajstić information content (AvgIpc) is 2.77. The largest absolute Gasteiger partial charge is 0.379 e. The summed E-state index contributed by atoms with van der Waals surface area (Å²) in [4.78, 5) is 28.1. The molecular weight excluding hydrogens is 458 g/mol. The smallest absolute Gasteiger partial charge is 0.256 e. The van der Waals surface area contributed by atoms with Crippen LogP contribution >= 0.6 is 15.9 Å². The lowest BCUT2D eigenvalue weighted by molar-refractivity contribution is 0.0124. The number of nitrogens with zero attached hydrogens (tertiary/aromatic N) is 1. The standard InChI is InChI=1S/C24H30BrN3O3/c1-17(2)15-18(28-11-13-31-14-12-28)16-26-23(29)20-8-4-6-10-22(20)27-24(30)19-7-3-5-9-21(19)25/h3-10,17-18H,11-16H2,1-2H3,(H,26,29)(H,27,30). The molecule has 0 spiro atoms. The highest BCUT2D eigenvalue weighted by atomic mass is 79.9. The molecule has 6 nitrogen and oxygen atoms in total. The predicted molar refractivity (Wildman–Crippen MR) is 127 cm³/mol. The van der Waals surface area contributed by atoms with Crippen LogP contribution in [0.15, 0.2) is 53.0 Å². The van der Waals surface area contributed by atoms with Crippen LogP contribution in [0.25, 0.3) is 0 Å². The van der Waals surface area contributed by atoms with E-state index in [4.69, 9.17) is 4.74 Å². The van der Waals surface area contributed by atoms with E-state index in [0.717, 1.165) is 32.7 Å². The fourth-order valence-corrected chi connectivity index (χ4v) is 4.24. The fourth-order valence-electron chi connectivity index (χ4n) is 3.78. The van der Waals surface area contributed by atoms with Gasteiger partial charge in [0.2, 0.25) is 0 Å². The fraction of sp³-hybridized carbons (Fsp3) is 0.417. The van der Waals surface area contributed by atoms with Gasteiger partial charge in [-0.05, 0) is 52.5 Å². The summed E-state index contributed by atoms with van der Waals surface area (Å²) >= 11 is 3.40. The van der Waals surface area contributed by atoms with Gasteiger partial charge in [-0.25, -0.2) is 0 Å². The Morgan fingerprint density at radius 3 is 2.32 bits per heavy atom. The second kappa shape index (κ2) is 11.4. The van der Waals surface area contributed by atoms with Gasteiger partial charge in [-0.1, -0.05) is 38.1 Å². The molecule has 0 saturated carbocycles. The van der Waals surface area contributed by atoms with Crippen molar-refractivity contribution in [2.75, 3.05) is 38.2 Å².